The fraction of sp³-hybridized carbons (Fsp3) is 0.500. The number of piperidine rings is 1. The van der Waals surface area contributed by atoms with Gasteiger partial charge in [-0.15, -0.1) is 10.2 Å². The van der Waals surface area contributed by atoms with Gasteiger partial charge < -0.3 is 19.0 Å². The lowest BCUT2D eigenvalue weighted by molar-refractivity contribution is 0.194. The van der Waals surface area contributed by atoms with E-state index >= 15 is 0 Å². The molecule has 0 bridgehead atoms. The monoisotopic (exact) mass is 357 g/mol. The molecule has 1 atom stereocenters. The Kier molecular flexibility index (Phi) is 4.60. The predicted molar refractivity (Wildman–Crippen MR) is 95.8 cm³/mol. The van der Waals surface area contributed by atoms with Crippen LogP contribution in [0.15, 0.2) is 33.5 Å². The lowest BCUT2D eigenvalue weighted by Crippen LogP contribution is -2.38. The van der Waals surface area contributed by atoms with E-state index in [0.717, 1.165) is 43.8 Å². The molecule has 1 aromatic carbocycles. The van der Waals surface area contributed by atoms with Gasteiger partial charge in [-0.25, -0.2) is 4.79 Å². The van der Waals surface area contributed by atoms with E-state index < -0.39 is 0 Å². The van der Waals surface area contributed by atoms with E-state index in [2.05, 4.69) is 15.1 Å². The second-order valence-electron chi connectivity index (χ2n) is 6.82. The van der Waals surface area contributed by atoms with Gasteiger partial charge in [0.1, 0.15) is 12.4 Å². The maximum absolute atomic E-state index is 12.1. The molecular formula is C18H23N5O3. The zero-order valence-corrected chi connectivity index (χ0v) is 14.8. The third-order valence-corrected chi connectivity index (χ3v) is 5.22. The van der Waals surface area contributed by atoms with E-state index in [1.807, 2.05) is 35.9 Å². The van der Waals surface area contributed by atoms with Crippen LogP contribution in [-0.4, -0.2) is 49.0 Å². The third-order valence-electron chi connectivity index (χ3n) is 5.22. The number of fused-ring (bicyclic) bond motifs is 1. The number of oxazole rings is 1. The summed E-state index contributed by atoms with van der Waals surface area (Å²) in [6, 6.07) is 7.51. The standard InChI is InChI=1S/C18H23N5O3/c1-21-16(12-24)19-20-17(21)13-5-4-8-22(11-13)9-10-23-14-6-2-3-7-15(14)26-18(23)25/h2-3,6-7,13,24H,4-5,8-12H2,1H3/t13-/m1/s1. The molecule has 138 valence electrons. The molecule has 4 rings (SSSR count). The molecule has 0 unspecified atom stereocenters. The number of likely N-dealkylation sites (tertiary alicyclic amines) is 1. The van der Waals surface area contributed by atoms with Crippen molar-refractivity contribution in [1.29, 1.82) is 0 Å². The second kappa shape index (κ2) is 7.05. The summed E-state index contributed by atoms with van der Waals surface area (Å²) in [7, 11) is 1.90. The van der Waals surface area contributed by atoms with E-state index in [-0.39, 0.29) is 12.4 Å². The Bertz CT molecular complexity index is 957. The molecule has 1 aliphatic rings. The summed E-state index contributed by atoms with van der Waals surface area (Å²) in [5, 5.41) is 17.6. The van der Waals surface area contributed by atoms with Gasteiger partial charge in [-0.2, -0.15) is 0 Å². The van der Waals surface area contributed by atoms with Crippen LogP contribution in [0.2, 0.25) is 0 Å². The van der Waals surface area contributed by atoms with Gasteiger partial charge in [0.25, 0.3) is 0 Å². The van der Waals surface area contributed by atoms with E-state index in [1.165, 1.54) is 0 Å². The zero-order valence-electron chi connectivity index (χ0n) is 14.8. The summed E-state index contributed by atoms with van der Waals surface area (Å²) in [5.41, 5.74) is 1.47. The molecule has 1 aliphatic heterocycles. The Balaban J connectivity index is 1.46. The molecule has 0 saturated carbocycles. The molecule has 3 aromatic rings. The molecule has 8 heteroatoms. The normalized spacial score (nSPS) is 18.6. The molecule has 8 nitrogen and oxygen atoms in total. The van der Waals surface area contributed by atoms with Crippen molar-refractivity contribution in [2.45, 2.75) is 31.9 Å². The molecule has 3 heterocycles. The molecule has 0 spiro atoms. The number of hydrogen-bond donors (Lipinski definition) is 1. The highest BCUT2D eigenvalue weighted by Gasteiger charge is 2.26. The van der Waals surface area contributed by atoms with Crippen LogP contribution in [0, 0.1) is 0 Å². The first-order chi connectivity index (χ1) is 12.7. The zero-order chi connectivity index (χ0) is 18.1. The molecular weight excluding hydrogens is 334 g/mol. The largest absolute Gasteiger partial charge is 0.419 e. The van der Waals surface area contributed by atoms with Crippen LogP contribution in [0.5, 0.6) is 0 Å². The lowest BCUT2D eigenvalue weighted by Gasteiger charge is -2.32. The maximum atomic E-state index is 12.1. The van der Waals surface area contributed by atoms with Gasteiger partial charge in [0.05, 0.1) is 5.52 Å². The van der Waals surface area contributed by atoms with Gasteiger partial charge in [-0.1, -0.05) is 12.1 Å². The molecule has 26 heavy (non-hydrogen) atoms. The third kappa shape index (κ3) is 3.06. The first-order valence-corrected chi connectivity index (χ1v) is 8.97. The highest BCUT2D eigenvalue weighted by molar-refractivity contribution is 5.72. The van der Waals surface area contributed by atoms with Crippen LogP contribution in [0.4, 0.5) is 0 Å². The van der Waals surface area contributed by atoms with Gasteiger partial charge >= 0.3 is 5.76 Å². The van der Waals surface area contributed by atoms with Crippen molar-refractivity contribution in [3.05, 3.63) is 46.5 Å². The van der Waals surface area contributed by atoms with E-state index in [1.54, 1.807) is 4.57 Å². The number of para-hydroxylation sites is 2. The Morgan fingerprint density at radius 1 is 1.27 bits per heavy atom. The van der Waals surface area contributed by atoms with E-state index in [9.17, 15) is 9.90 Å². The van der Waals surface area contributed by atoms with Gasteiger partial charge in [-0.3, -0.25) is 4.57 Å². The fourth-order valence-corrected chi connectivity index (χ4v) is 3.81. The summed E-state index contributed by atoms with van der Waals surface area (Å²) in [5.74, 6) is 1.50. The number of aromatic nitrogens is 4. The number of nitrogens with zero attached hydrogens (tertiary/aromatic N) is 5. The highest BCUT2D eigenvalue weighted by atomic mass is 16.4. The maximum Gasteiger partial charge on any atom is 0.419 e. The van der Waals surface area contributed by atoms with Crippen molar-refractivity contribution in [3.8, 4) is 0 Å². The van der Waals surface area contributed by atoms with Crippen LogP contribution in [-0.2, 0) is 20.2 Å². The minimum absolute atomic E-state index is 0.101. The van der Waals surface area contributed by atoms with Crippen molar-refractivity contribution < 1.29 is 9.52 Å². The molecule has 1 saturated heterocycles. The van der Waals surface area contributed by atoms with Gasteiger partial charge in [0.2, 0.25) is 0 Å². The summed E-state index contributed by atoms with van der Waals surface area (Å²) >= 11 is 0. The first-order valence-electron chi connectivity index (χ1n) is 8.97. The fourth-order valence-electron chi connectivity index (χ4n) is 3.81. The summed E-state index contributed by atoms with van der Waals surface area (Å²) < 4.78 is 8.89. The summed E-state index contributed by atoms with van der Waals surface area (Å²) in [4.78, 5) is 14.5. The topological polar surface area (TPSA) is 89.3 Å². The number of aliphatic hydroxyl groups excluding tert-OH is 1. The Morgan fingerprint density at radius 3 is 2.92 bits per heavy atom. The smallest absolute Gasteiger partial charge is 0.408 e. The molecule has 0 amide bonds. The summed E-state index contributed by atoms with van der Waals surface area (Å²) in [6.45, 7) is 3.16. The van der Waals surface area contributed by atoms with Crippen molar-refractivity contribution in [3.63, 3.8) is 0 Å². The van der Waals surface area contributed by atoms with Crippen molar-refractivity contribution in [2.75, 3.05) is 19.6 Å². The number of hydrogen-bond acceptors (Lipinski definition) is 6. The van der Waals surface area contributed by atoms with Crippen molar-refractivity contribution in [2.24, 2.45) is 7.05 Å². The minimum Gasteiger partial charge on any atom is -0.408 e. The number of benzene rings is 1. The first kappa shape index (κ1) is 17.0. The summed E-state index contributed by atoms with van der Waals surface area (Å²) in [6.07, 6.45) is 2.13. The second-order valence-corrected chi connectivity index (χ2v) is 6.82. The Labute approximate surface area is 150 Å². The molecule has 1 fully saturated rings. The van der Waals surface area contributed by atoms with Gasteiger partial charge in [0, 0.05) is 32.6 Å². The number of rotatable bonds is 5. The quantitative estimate of drug-likeness (QED) is 0.735. The van der Waals surface area contributed by atoms with Crippen LogP contribution >= 0.6 is 0 Å². The van der Waals surface area contributed by atoms with E-state index in [0.29, 0.717) is 23.9 Å². The molecule has 2 aromatic heterocycles. The number of aliphatic hydroxyl groups is 1. The molecule has 1 N–H and O–H groups in total. The van der Waals surface area contributed by atoms with Crippen LogP contribution in [0.3, 0.4) is 0 Å². The predicted octanol–water partition coefficient (Wildman–Crippen LogP) is 1.09. The Morgan fingerprint density at radius 2 is 2.12 bits per heavy atom. The molecule has 0 radical (unpaired) electrons. The van der Waals surface area contributed by atoms with Crippen LogP contribution in [0.1, 0.15) is 30.4 Å². The van der Waals surface area contributed by atoms with E-state index in [4.69, 9.17) is 4.42 Å². The average Bonchev–Trinajstić information content (AvgIpc) is 3.19. The van der Waals surface area contributed by atoms with Crippen LogP contribution < -0.4 is 5.76 Å². The SMILES string of the molecule is Cn1c(CO)nnc1[C@@H]1CCCN(CCn2c(=O)oc3ccccc32)C1. The van der Waals surface area contributed by atoms with Crippen molar-refractivity contribution >= 4 is 11.1 Å². The average molecular weight is 357 g/mol. The van der Waals surface area contributed by atoms with Crippen LogP contribution in [0.25, 0.3) is 11.1 Å². The Hall–Kier alpha value is -2.45. The van der Waals surface area contributed by atoms with Gasteiger partial charge in [-0.05, 0) is 31.5 Å². The van der Waals surface area contributed by atoms with Crippen molar-refractivity contribution in [1.82, 2.24) is 24.2 Å². The van der Waals surface area contributed by atoms with Gasteiger partial charge in [0.15, 0.2) is 11.4 Å². The highest BCUT2D eigenvalue weighted by Crippen LogP contribution is 2.25. The minimum atomic E-state index is -0.305. The molecule has 0 aliphatic carbocycles. The lowest BCUT2D eigenvalue weighted by atomic mass is 9.97.